The summed E-state index contributed by atoms with van der Waals surface area (Å²) in [4.78, 5) is 27.6. The van der Waals surface area contributed by atoms with Crippen molar-refractivity contribution in [3.8, 4) is 5.75 Å². The van der Waals surface area contributed by atoms with E-state index >= 15 is 0 Å². The van der Waals surface area contributed by atoms with Crippen molar-refractivity contribution in [2.45, 2.75) is 18.6 Å². The summed E-state index contributed by atoms with van der Waals surface area (Å²) in [5.41, 5.74) is -0.650. The van der Waals surface area contributed by atoms with Crippen molar-refractivity contribution >= 4 is 17.4 Å². The highest BCUT2D eigenvalue weighted by atomic mass is 19.1. The van der Waals surface area contributed by atoms with Crippen LogP contribution < -0.4 is 9.64 Å². The summed E-state index contributed by atoms with van der Waals surface area (Å²) >= 11 is 0. The van der Waals surface area contributed by atoms with Gasteiger partial charge in [-0.05, 0) is 24.3 Å². The molecule has 1 atom stereocenters. The lowest BCUT2D eigenvalue weighted by atomic mass is 9.88. The summed E-state index contributed by atoms with van der Waals surface area (Å²) in [6, 6.07) is 19.5. The first-order chi connectivity index (χ1) is 14.5. The van der Waals surface area contributed by atoms with E-state index in [-0.39, 0.29) is 12.1 Å². The van der Waals surface area contributed by atoms with Gasteiger partial charge in [0.15, 0.2) is 11.4 Å². The van der Waals surface area contributed by atoms with Crippen molar-refractivity contribution in [2.24, 2.45) is 0 Å². The number of fused-ring (bicyclic) bond motifs is 1. The van der Waals surface area contributed by atoms with Crippen LogP contribution in [0.5, 0.6) is 5.75 Å². The van der Waals surface area contributed by atoms with Gasteiger partial charge in [-0.2, -0.15) is 0 Å². The number of rotatable bonds is 6. The largest absolute Gasteiger partial charge is 0.496 e. The summed E-state index contributed by atoms with van der Waals surface area (Å²) in [5, 5.41) is 11.4. The number of carbonyl (C=O) groups excluding carboxylic acids is 2. The molecule has 0 fully saturated rings. The quantitative estimate of drug-likeness (QED) is 0.633. The highest BCUT2D eigenvalue weighted by molar-refractivity contribution is 6.11. The zero-order chi connectivity index (χ0) is 21.3. The van der Waals surface area contributed by atoms with E-state index in [9.17, 15) is 19.1 Å². The van der Waals surface area contributed by atoms with Gasteiger partial charge in [0.25, 0.3) is 5.91 Å². The van der Waals surface area contributed by atoms with Gasteiger partial charge in [-0.15, -0.1) is 0 Å². The number of halogens is 1. The highest BCUT2D eigenvalue weighted by Crippen LogP contribution is 2.44. The molecule has 152 valence electrons. The number of para-hydroxylation sites is 2. The van der Waals surface area contributed by atoms with E-state index in [0.29, 0.717) is 22.6 Å². The summed E-state index contributed by atoms with van der Waals surface area (Å²) < 4.78 is 19.4. The molecule has 0 aliphatic carbocycles. The van der Waals surface area contributed by atoms with E-state index < -0.39 is 29.5 Å². The number of methoxy groups -OCH3 is 1. The maximum Gasteiger partial charge on any atom is 0.264 e. The molecule has 0 spiro atoms. The molecule has 1 aliphatic heterocycles. The van der Waals surface area contributed by atoms with Crippen LogP contribution in [0.4, 0.5) is 10.1 Å². The molecule has 0 saturated carbocycles. The normalized spacial score (nSPS) is 17.7. The molecule has 3 aromatic carbocycles. The Morgan fingerprint density at radius 3 is 2.47 bits per heavy atom. The molecule has 0 saturated heterocycles. The molecule has 0 bridgehead atoms. The third-order valence-electron chi connectivity index (χ3n) is 5.35. The van der Waals surface area contributed by atoms with E-state index in [0.717, 1.165) is 0 Å². The van der Waals surface area contributed by atoms with Crippen LogP contribution in [0.15, 0.2) is 72.8 Å². The second-order valence-corrected chi connectivity index (χ2v) is 7.16. The maximum absolute atomic E-state index is 14.2. The molecule has 1 unspecified atom stereocenters. The van der Waals surface area contributed by atoms with Crippen LogP contribution in [0, 0.1) is 5.82 Å². The fourth-order valence-electron chi connectivity index (χ4n) is 3.83. The lowest BCUT2D eigenvalue weighted by Crippen LogP contribution is -2.41. The van der Waals surface area contributed by atoms with Crippen LogP contribution in [0.2, 0.25) is 0 Å². The predicted octanol–water partition coefficient (Wildman–Crippen LogP) is 3.84. The van der Waals surface area contributed by atoms with Crippen LogP contribution in [-0.2, 0) is 16.9 Å². The Kier molecular flexibility index (Phi) is 5.10. The number of hydrogen-bond acceptors (Lipinski definition) is 4. The number of amides is 1. The van der Waals surface area contributed by atoms with Crippen LogP contribution in [0.25, 0.3) is 0 Å². The van der Waals surface area contributed by atoms with Crippen molar-refractivity contribution in [1.82, 2.24) is 0 Å². The minimum atomic E-state index is -2.04. The highest BCUT2D eigenvalue weighted by Gasteiger charge is 2.51. The average molecular weight is 405 g/mol. The molecule has 0 radical (unpaired) electrons. The summed E-state index contributed by atoms with van der Waals surface area (Å²) in [5.74, 6) is -1.16. The number of carbonyl (C=O) groups is 2. The Bertz CT molecular complexity index is 1130. The number of ether oxygens (including phenoxy) is 1. The van der Waals surface area contributed by atoms with Gasteiger partial charge < -0.3 is 14.7 Å². The number of ketones is 1. The molecule has 3 aromatic rings. The fourth-order valence-corrected chi connectivity index (χ4v) is 3.83. The van der Waals surface area contributed by atoms with Crippen molar-refractivity contribution in [2.75, 3.05) is 12.0 Å². The topological polar surface area (TPSA) is 66.8 Å². The SMILES string of the molecule is COc1ccccc1C(=O)CC1(O)C(=O)N(Cc2ccccc2F)c2ccccc21. The number of anilines is 1. The molecule has 30 heavy (non-hydrogen) atoms. The Morgan fingerprint density at radius 1 is 1.03 bits per heavy atom. The minimum Gasteiger partial charge on any atom is -0.496 e. The van der Waals surface area contributed by atoms with Gasteiger partial charge in [-0.25, -0.2) is 4.39 Å². The lowest BCUT2D eigenvalue weighted by Gasteiger charge is -2.23. The van der Waals surface area contributed by atoms with E-state index in [1.54, 1.807) is 66.7 Å². The lowest BCUT2D eigenvalue weighted by molar-refractivity contribution is -0.136. The Hall–Kier alpha value is -3.51. The van der Waals surface area contributed by atoms with Gasteiger partial charge >= 0.3 is 0 Å². The molecular weight excluding hydrogens is 385 g/mol. The van der Waals surface area contributed by atoms with Gasteiger partial charge in [0.05, 0.1) is 31.3 Å². The van der Waals surface area contributed by atoms with E-state index in [1.807, 2.05) is 0 Å². The van der Waals surface area contributed by atoms with Crippen LogP contribution in [0.3, 0.4) is 0 Å². The average Bonchev–Trinajstić information content (AvgIpc) is 2.97. The first kappa shape index (κ1) is 19.8. The molecule has 4 rings (SSSR count). The second kappa shape index (κ2) is 7.72. The second-order valence-electron chi connectivity index (χ2n) is 7.16. The molecular formula is C24H20FNO4. The number of Topliss-reactive ketones (excluding diaryl/α,β-unsaturated/α-hetero) is 1. The Labute approximate surface area is 173 Å². The molecule has 1 aliphatic rings. The zero-order valence-corrected chi connectivity index (χ0v) is 16.3. The number of aliphatic hydroxyl groups is 1. The number of hydrogen-bond donors (Lipinski definition) is 1. The van der Waals surface area contributed by atoms with Gasteiger partial charge in [-0.3, -0.25) is 9.59 Å². The molecule has 1 N–H and O–H groups in total. The fraction of sp³-hybridized carbons (Fsp3) is 0.167. The monoisotopic (exact) mass is 405 g/mol. The molecule has 5 nitrogen and oxygen atoms in total. The van der Waals surface area contributed by atoms with Crippen molar-refractivity contribution in [3.63, 3.8) is 0 Å². The Balaban J connectivity index is 1.70. The number of nitrogens with zero attached hydrogens (tertiary/aromatic N) is 1. The zero-order valence-electron chi connectivity index (χ0n) is 16.3. The molecule has 0 aromatic heterocycles. The van der Waals surface area contributed by atoms with Gasteiger partial charge in [0.2, 0.25) is 0 Å². The maximum atomic E-state index is 14.2. The van der Waals surface area contributed by atoms with E-state index in [4.69, 9.17) is 4.74 Å². The van der Waals surface area contributed by atoms with Crippen molar-refractivity contribution in [1.29, 1.82) is 0 Å². The first-order valence-electron chi connectivity index (χ1n) is 9.49. The molecule has 6 heteroatoms. The molecule has 1 heterocycles. The van der Waals surface area contributed by atoms with Crippen molar-refractivity contribution < 1.29 is 23.8 Å². The standard InChI is InChI=1S/C24H20FNO4/c1-30-22-13-7-3-9-17(22)21(27)14-24(29)18-10-4-6-12-20(18)26(23(24)28)15-16-8-2-5-11-19(16)25/h2-13,29H,14-15H2,1H3. The van der Waals surface area contributed by atoms with E-state index in [2.05, 4.69) is 0 Å². The van der Waals surface area contributed by atoms with Crippen molar-refractivity contribution in [3.05, 3.63) is 95.3 Å². The third-order valence-corrected chi connectivity index (χ3v) is 5.35. The summed E-state index contributed by atoms with van der Waals surface area (Å²) in [6.07, 6.45) is -0.447. The smallest absolute Gasteiger partial charge is 0.264 e. The summed E-state index contributed by atoms with van der Waals surface area (Å²) in [7, 11) is 1.45. The predicted molar refractivity (Wildman–Crippen MR) is 110 cm³/mol. The van der Waals surface area contributed by atoms with Crippen LogP contribution >= 0.6 is 0 Å². The van der Waals surface area contributed by atoms with E-state index in [1.165, 1.54) is 18.1 Å². The minimum absolute atomic E-state index is 0.0479. The van der Waals surface area contributed by atoms with Gasteiger partial charge in [-0.1, -0.05) is 48.5 Å². The summed E-state index contributed by atoms with van der Waals surface area (Å²) in [6.45, 7) is -0.0479. The Morgan fingerprint density at radius 2 is 1.70 bits per heavy atom. The van der Waals surface area contributed by atoms with Crippen LogP contribution in [-0.4, -0.2) is 23.9 Å². The third kappa shape index (κ3) is 3.25. The van der Waals surface area contributed by atoms with Gasteiger partial charge in [0, 0.05) is 11.1 Å². The molecule has 1 amide bonds. The number of benzene rings is 3. The van der Waals surface area contributed by atoms with Crippen LogP contribution in [0.1, 0.15) is 27.9 Å². The van der Waals surface area contributed by atoms with Gasteiger partial charge in [0.1, 0.15) is 11.6 Å². The first-order valence-corrected chi connectivity index (χ1v) is 9.49.